The molecule has 10 heteroatoms. The summed E-state index contributed by atoms with van der Waals surface area (Å²) in [6.07, 6.45) is 1.37. The largest absolute Gasteiger partial charge is 0.493 e. The summed E-state index contributed by atoms with van der Waals surface area (Å²) in [4.78, 5) is 26.6. The number of thiocarbonyl (C=S) groups is 1. The average molecular weight is 531 g/mol. The van der Waals surface area contributed by atoms with Crippen molar-refractivity contribution in [2.45, 2.75) is 6.61 Å². The summed E-state index contributed by atoms with van der Waals surface area (Å²) in [6.45, 7) is 0.169. The number of nitrogens with one attached hydrogen (secondary N) is 1. The first-order chi connectivity index (χ1) is 16.8. The first-order valence-electron chi connectivity index (χ1n) is 10.2. The zero-order valence-electron chi connectivity index (χ0n) is 18.2. The second-order valence-corrected chi connectivity index (χ2v) is 8.57. The molecule has 1 heterocycles. The summed E-state index contributed by atoms with van der Waals surface area (Å²) in [6, 6.07) is 15.6. The molecule has 35 heavy (non-hydrogen) atoms. The number of carbonyl (C=O) groups is 2. The summed E-state index contributed by atoms with van der Waals surface area (Å²) >= 11 is 17.2. The summed E-state index contributed by atoms with van der Waals surface area (Å²) < 4.78 is 25.6. The number of hydrogen-bond donors (Lipinski definition) is 1. The Hall–Kier alpha value is -3.46. The molecule has 3 aromatic rings. The van der Waals surface area contributed by atoms with Crippen molar-refractivity contribution >= 4 is 64.1 Å². The van der Waals surface area contributed by atoms with Crippen LogP contribution in [0.25, 0.3) is 6.08 Å². The molecule has 2 amide bonds. The van der Waals surface area contributed by atoms with E-state index >= 15 is 0 Å². The highest BCUT2D eigenvalue weighted by molar-refractivity contribution is 7.80. The zero-order valence-corrected chi connectivity index (χ0v) is 20.5. The number of nitrogens with zero attached hydrogens (tertiary/aromatic N) is 1. The normalized spacial score (nSPS) is 14.8. The van der Waals surface area contributed by atoms with Crippen molar-refractivity contribution in [1.29, 1.82) is 0 Å². The molecule has 1 saturated heterocycles. The van der Waals surface area contributed by atoms with Crippen molar-refractivity contribution in [3.63, 3.8) is 0 Å². The number of hydrogen-bond acceptors (Lipinski definition) is 5. The van der Waals surface area contributed by atoms with Gasteiger partial charge in [0.15, 0.2) is 16.6 Å². The third-order valence-corrected chi connectivity index (χ3v) is 5.96. The smallest absolute Gasteiger partial charge is 0.270 e. The van der Waals surface area contributed by atoms with Crippen LogP contribution in [0, 0.1) is 5.82 Å². The molecule has 1 N–H and O–H groups in total. The van der Waals surface area contributed by atoms with Gasteiger partial charge in [-0.1, -0.05) is 47.5 Å². The van der Waals surface area contributed by atoms with E-state index in [1.807, 2.05) is 0 Å². The minimum absolute atomic E-state index is 0.0596. The number of rotatable bonds is 6. The van der Waals surface area contributed by atoms with Crippen LogP contribution in [0.4, 0.5) is 10.1 Å². The maximum absolute atomic E-state index is 14.3. The molecule has 0 atom stereocenters. The SMILES string of the molecule is COc1cc(/C=C2\C(=O)NC(=S)N(c3ccccc3F)C2=O)ccc1OCc1ccc(Cl)cc1Cl. The van der Waals surface area contributed by atoms with Crippen LogP contribution in [0.1, 0.15) is 11.1 Å². The summed E-state index contributed by atoms with van der Waals surface area (Å²) in [7, 11) is 1.46. The molecular formula is C25H17Cl2FN2O4S. The highest BCUT2D eigenvalue weighted by Gasteiger charge is 2.35. The molecule has 1 fully saturated rings. The third-order valence-electron chi connectivity index (χ3n) is 5.09. The quantitative estimate of drug-likeness (QED) is 0.257. The summed E-state index contributed by atoms with van der Waals surface area (Å²) in [5.74, 6) is -1.30. The van der Waals surface area contributed by atoms with Crippen molar-refractivity contribution in [1.82, 2.24) is 5.32 Å². The van der Waals surface area contributed by atoms with E-state index < -0.39 is 17.6 Å². The van der Waals surface area contributed by atoms with Gasteiger partial charge in [0.05, 0.1) is 12.8 Å². The van der Waals surface area contributed by atoms with Crippen molar-refractivity contribution in [2.75, 3.05) is 12.0 Å². The van der Waals surface area contributed by atoms with E-state index in [1.165, 1.54) is 31.4 Å². The number of benzene rings is 3. The molecule has 0 aromatic heterocycles. The van der Waals surface area contributed by atoms with E-state index in [0.29, 0.717) is 27.1 Å². The van der Waals surface area contributed by atoms with Crippen LogP contribution < -0.4 is 19.7 Å². The van der Waals surface area contributed by atoms with Crippen LogP contribution in [0.3, 0.4) is 0 Å². The average Bonchev–Trinajstić information content (AvgIpc) is 2.82. The molecule has 0 radical (unpaired) electrons. The van der Waals surface area contributed by atoms with E-state index in [4.69, 9.17) is 44.9 Å². The fourth-order valence-corrected chi connectivity index (χ4v) is 4.10. The van der Waals surface area contributed by atoms with Crippen LogP contribution in [0.2, 0.25) is 10.0 Å². The second-order valence-electron chi connectivity index (χ2n) is 7.34. The lowest BCUT2D eigenvalue weighted by Crippen LogP contribution is -2.54. The topological polar surface area (TPSA) is 67.9 Å². The van der Waals surface area contributed by atoms with Gasteiger partial charge in [0.1, 0.15) is 18.0 Å². The minimum Gasteiger partial charge on any atom is -0.493 e. The number of amides is 2. The number of para-hydroxylation sites is 1. The Morgan fingerprint density at radius 2 is 1.83 bits per heavy atom. The first kappa shape index (κ1) is 24.7. The Kier molecular flexibility index (Phi) is 7.35. The number of carbonyl (C=O) groups excluding carboxylic acids is 2. The Morgan fingerprint density at radius 3 is 2.54 bits per heavy atom. The molecule has 1 aliphatic rings. The maximum atomic E-state index is 14.3. The van der Waals surface area contributed by atoms with Gasteiger partial charge in [0, 0.05) is 15.6 Å². The second kappa shape index (κ2) is 10.4. The predicted octanol–water partition coefficient (Wildman–Crippen LogP) is 5.55. The van der Waals surface area contributed by atoms with Gasteiger partial charge in [-0.3, -0.25) is 14.9 Å². The van der Waals surface area contributed by atoms with Gasteiger partial charge in [-0.2, -0.15) is 0 Å². The molecule has 0 aliphatic carbocycles. The van der Waals surface area contributed by atoms with E-state index in [-0.39, 0.29) is 23.0 Å². The molecule has 0 unspecified atom stereocenters. The lowest BCUT2D eigenvalue weighted by molar-refractivity contribution is -0.122. The molecule has 178 valence electrons. The van der Waals surface area contributed by atoms with E-state index in [1.54, 1.807) is 42.5 Å². The highest BCUT2D eigenvalue weighted by atomic mass is 35.5. The first-order valence-corrected chi connectivity index (χ1v) is 11.4. The minimum atomic E-state index is -0.750. The van der Waals surface area contributed by atoms with E-state index in [9.17, 15) is 14.0 Å². The van der Waals surface area contributed by atoms with Crippen molar-refractivity contribution in [3.05, 3.63) is 93.2 Å². The Morgan fingerprint density at radius 1 is 1.06 bits per heavy atom. The van der Waals surface area contributed by atoms with Crippen LogP contribution in [-0.4, -0.2) is 24.0 Å². The standard InChI is InChI=1S/C25H17Cl2FN2O4S/c1-33-22-11-14(6-9-21(22)34-13-15-7-8-16(26)12-18(15)27)10-17-23(31)29-25(35)30(24(17)32)20-5-3-2-4-19(20)28/h2-12H,13H2,1H3,(H,29,31,35)/b17-10+. The Labute approximate surface area is 215 Å². The van der Waals surface area contributed by atoms with Crippen LogP contribution in [0.15, 0.2) is 66.2 Å². The number of ether oxygens (including phenoxy) is 2. The molecule has 0 bridgehead atoms. The van der Waals surface area contributed by atoms with Crippen molar-refractivity contribution in [2.24, 2.45) is 0 Å². The van der Waals surface area contributed by atoms with Crippen molar-refractivity contribution < 1.29 is 23.5 Å². The molecule has 3 aromatic carbocycles. The lowest BCUT2D eigenvalue weighted by Gasteiger charge is -2.29. The molecule has 4 rings (SSSR count). The Balaban J connectivity index is 1.60. The van der Waals surface area contributed by atoms with Gasteiger partial charge in [-0.25, -0.2) is 9.29 Å². The summed E-state index contributed by atoms with van der Waals surface area (Å²) in [5.41, 5.74) is 0.942. The van der Waals surface area contributed by atoms with Crippen LogP contribution in [-0.2, 0) is 16.2 Å². The lowest BCUT2D eigenvalue weighted by atomic mass is 10.1. The fraction of sp³-hybridized carbons (Fsp3) is 0.0800. The van der Waals surface area contributed by atoms with Gasteiger partial charge < -0.3 is 9.47 Å². The molecule has 1 aliphatic heterocycles. The number of methoxy groups -OCH3 is 1. The molecule has 0 spiro atoms. The molecule has 6 nitrogen and oxygen atoms in total. The van der Waals surface area contributed by atoms with Gasteiger partial charge in [0.25, 0.3) is 11.8 Å². The van der Waals surface area contributed by atoms with Crippen molar-refractivity contribution in [3.8, 4) is 11.5 Å². The van der Waals surface area contributed by atoms with E-state index in [2.05, 4.69) is 5.32 Å². The van der Waals surface area contributed by atoms with Crippen LogP contribution in [0.5, 0.6) is 11.5 Å². The summed E-state index contributed by atoms with van der Waals surface area (Å²) in [5, 5.41) is 3.21. The highest BCUT2D eigenvalue weighted by Crippen LogP contribution is 2.32. The van der Waals surface area contributed by atoms with Gasteiger partial charge in [-0.05, 0) is 60.3 Å². The van der Waals surface area contributed by atoms with Gasteiger partial charge in [-0.15, -0.1) is 0 Å². The molecular weight excluding hydrogens is 514 g/mol. The van der Waals surface area contributed by atoms with E-state index in [0.717, 1.165) is 10.5 Å². The third kappa shape index (κ3) is 5.30. The van der Waals surface area contributed by atoms with Gasteiger partial charge >= 0.3 is 0 Å². The van der Waals surface area contributed by atoms with Crippen LogP contribution >= 0.6 is 35.4 Å². The number of halogens is 3. The van der Waals surface area contributed by atoms with Gasteiger partial charge in [0.2, 0.25) is 0 Å². The molecule has 0 saturated carbocycles. The maximum Gasteiger partial charge on any atom is 0.270 e. The Bertz CT molecular complexity index is 1380. The number of anilines is 1. The predicted molar refractivity (Wildman–Crippen MR) is 136 cm³/mol. The monoisotopic (exact) mass is 530 g/mol. The zero-order chi connectivity index (χ0) is 25.1. The fourth-order valence-electron chi connectivity index (χ4n) is 3.36.